The number of halogens is 2. The van der Waals surface area contributed by atoms with E-state index in [-0.39, 0.29) is 5.91 Å². The number of nitrogens with zero attached hydrogens (tertiary/aromatic N) is 3. The molecule has 0 radical (unpaired) electrons. The Labute approximate surface area is 186 Å². The summed E-state index contributed by atoms with van der Waals surface area (Å²) in [5, 5.41) is 8.41. The lowest BCUT2D eigenvalue weighted by atomic mass is 10.1. The van der Waals surface area contributed by atoms with E-state index in [0.717, 1.165) is 37.2 Å². The van der Waals surface area contributed by atoms with Crippen LogP contribution in [0.5, 0.6) is 0 Å². The van der Waals surface area contributed by atoms with Gasteiger partial charge in [0.2, 0.25) is 0 Å². The first-order valence-corrected chi connectivity index (χ1v) is 10.9. The minimum Gasteiger partial charge on any atom is -0.370 e. The number of piperidine rings is 1. The minimum atomic E-state index is -0.280. The molecule has 30 heavy (non-hydrogen) atoms. The molecule has 0 unspecified atom stereocenters. The molecule has 1 saturated heterocycles. The van der Waals surface area contributed by atoms with Crippen molar-refractivity contribution in [2.24, 2.45) is 0 Å². The van der Waals surface area contributed by atoms with Crippen molar-refractivity contribution >= 4 is 40.5 Å². The van der Waals surface area contributed by atoms with Crippen molar-refractivity contribution in [2.45, 2.75) is 32.7 Å². The van der Waals surface area contributed by atoms with Gasteiger partial charge in [-0.2, -0.15) is 5.10 Å². The molecule has 0 spiro atoms. The van der Waals surface area contributed by atoms with Crippen molar-refractivity contribution < 1.29 is 4.79 Å². The number of nitrogens with one attached hydrogen (secondary N) is 1. The summed E-state index contributed by atoms with van der Waals surface area (Å²) >= 11 is 12.8. The molecule has 1 amide bonds. The molecule has 1 aliphatic heterocycles. The molecule has 0 atom stereocenters. The van der Waals surface area contributed by atoms with Crippen LogP contribution in [0.1, 0.15) is 40.9 Å². The Morgan fingerprint density at radius 2 is 1.80 bits per heavy atom. The number of aromatic nitrogens is 2. The number of benzene rings is 2. The second-order valence-electron chi connectivity index (χ2n) is 7.56. The summed E-state index contributed by atoms with van der Waals surface area (Å²) in [7, 11) is 0. The number of rotatable bonds is 5. The SMILES string of the molecule is Cc1nn(Cc2ccccc2)c(Cl)c1C(=O)Nc1cc(Cl)ccc1N1CCCCC1. The predicted octanol–water partition coefficient (Wildman–Crippen LogP) is 5.79. The van der Waals surface area contributed by atoms with Gasteiger partial charge in [0.1, 0.15) is 5.15 Å². The minimum absolute atomic E-state index is 0.280. The van der Waals surface area contributed by atoms with Gasteiger partial charge < -0.3 is 10.2 Å². The topological polar surface area (TPSA) is 50.2 Å². The fourth-order valence-electron chi connectivity index (χ4n) is 3.88. The van der Waals surface area contributed by atoms with Gasteiger partial charge in [-0.1, -0.05) is 53.5 Å². The van der Waals surface area contributed by atoms with Gasteiger partial charge in [0.25, 0.3) is 5.91 Å². The number of hydrogen-bond acceptors (Lipinski definition) is 3. The summed E-state index contributed by atoms with van der Waals surface area (Å²) in [5.41, 5.74) is 3.72. The zero-order valence-corrected chi connectivity index (χ0v) is 18.4. The van der Waals surface area contributed by atoms with Crippen LogP contribution in [0.3, 0.4) is 0 Å². The van der Waals surface area contributed by atoms with E-state index in [4.69, 9.17) is 23.2 Å². The van der Waals surface area contributed by atoms with Gasteiger partial charge in [-0.05, 0) is 49.9 Å². The molecule has 5 nitrogen and oxygen atoms in total. The molecule has 3 aromatic rings. The maximum Gasteiger partial charge on any atom is 0.260 e. The van der Waals surface area contributed by atoms with Gasteiger partial charge in [0.05, 0.1) is 29.2 Å². The quantitative estimate of drug-likeness (QED) is 0.543. The van der Waals surface area contributed by atoms with Crippen molar-refractivity contribution in [3.05, 3.63) is 75.5 Å². The number of carbonyl (C=O) groups excluding carboxylic acids is 1. The smallest absolute Gasteiger partial charge is 0.260 e. The van der Waals surface area contributed by atoms with Crippen molar-refractivity contribution in [2.75, 3.05) is 23.3 Å². The maximum atomic E-state index is 13.2. The normalized spacial score (nSPS) is 14.0. The first-order chi connectivity index (χ1) is 14.5. The van der Waals surface area contributed by atoms with E-state index in [0.29, 0.717) is 33.7 Å². The molecule has 1 aromatic heterocycles. The molecule has 0 aliphatic carbocycles. The average molecular weight is 443 g/mol. The van der Waals surface area contributed by atoms with Crippen LogP contribution in [0.2, 0.25) is 10.2 Å². The van der Waals surface area contributed by atoms with E-state index >= 15 is 0 Å². The van der Waals surface area contributed by atoms with Crippen molar-refractivity contribution in [1.82, 2.24) is 9.78 Å². The molecular weight excluding hydrogens is 419 g/mol. The molecule has 7 heteroatoms. The summed E-state index contributed by atoms with van der Waals surface area (Å²) in [6.45, 7) is 4.24. The fourth-order valence-corrected chi connectivity index (χ4v) is 4.37. The first-order valence-electron chi connectivity index (χ1n) is 10.2. The van der Waals surface area contributed by atoms with Gasteiger partial charge in [-0.25, -0.2) is 4.68 Å². The summed E-state index contributed by atoms with van der Waals surface area (Å²) in [5.74, 6) is -0.280. The van der Waals surface area contributed by atoms with Crippen LogP contribution in [-0.4, -0.2) is 28.8 Å². The predicted molar refractivity (Wildman–Crippen MR) is 123 cm³/mol. The summed E-state index contributed by atoms with van der Waals surface area (Å²) in [6.07, 6.45) is 3.53. The largest absolute Gasteiger partial charge is 0.370 e. The van der Waals surface area contributed by atoms with Gasteiger partial charge in [-0.15, -0.1) is 0 Å². The van der Waals surface area contributed by atoms with Crippen molar-refractivity contribution in [3.63, 3.8) is 0 Å². The molecule has 1 N–H and O–H groups in total. The molecule has 4 rings (SSSR count). The number of anilines is 2. The summed E-state index contributed by atoms with van der Waals surface area (Å²) in [4.78, 5) is 15.5. The number of amides is 1. The second-order valence-corrected chi connectivity index (χ2v) is 8.35. The highest BCUT2D eigenvalue weighted by atomic mass is 35.5. The standard InChI is InChI=1S/C23H24Cl2N4O/c1-16-21(22(25)29(27-16)15-17-8-4-2-5-9-17)23(30)26-19-14-18(24)10-11-20(19)28-12-6-3-7-13-28/h2,4-5,8-11,14H,3,6-7,12-13,15H2,1H3,(H,26,30). The number of carbonyl (C=O) groups is 1. The van der Waals surface area contributed by atoms with Crippen molar-refractivity contribution in [3.8, 4) is 0 Å². The Morgan fingerprint density at radius 3 is 2.53 bits per heavy atom. The molecule has 0 bridgehead atoms. The Morgan fingerprint density at radius 1 is 1.07 bits per heavy atom. The highest BCUT2D eigenvalue weighted by molar-refractivity contribution is 6.34. The molecule has 1 aliphatic rings. The average Bonchev–Trinajstić information content (AvgIpc) is 3.02. The molecule has 0 saturated carbocycles. The lowest BCUT2D eigenvalue weighted by Crippen LogP contribution is -2.30. The van der Waals surface area contributed by atoms with Crippen molar-refractivity contribution in [1.29, 1.82) is 0 Å². The van der Waals surface area contributed by atoms with Crippen LogP contribution in [0.4, 0.5) is 11.4 Å². The molecular formula is C23H24Cl2N4O. The van der Waals surface area contributed by atoms with E-state index in [2.05, 4.69) is 15.3 Å². The Kier molecular flexibility index (Phi) is 6.30. The van der Waals surface area contributed by atoms with Crippen LogP contribution in [-0.2, 0) is 6.54 Å². The van der Waals surface area contributed by atoms with E-state index in [9.17, 15) is 4.79 Å². The third-order valence-corrected chi connectivity index (χ3v) is 5.99. The Hall–Kier alpha value is -2.50. The van der Waals surface area contributed by atoms with Crippen LogP contribution in [0.15, 0.2) is 48.5 Å². The van der Waals surface area contributed by atoms with Gasteiger partial charge in [-0.3, -0.25) is 4.79 Å². The number of aryl methyl sites for hydroxylation is 1. The Bertz CT molecular complexity index is 1040. The van der Waals surface area contributed by atoms with Gasteiger partial charge >= 0.3 is 0 Å². The third-order valence-electron chi connectivity index (χ3n) is 5.37. The van der Waals surface area contributed by atoms with Crippen LogP contribution in [0, 0.1) is 6.92 Å². The monoisotopic (exact) mass is 442 g/mol. The first kappa shape index (κ1) is 20.8. The lowest BCUT2D eigenvalue weighted by Gasteiger charge is -2.30. The Balaban J connectivity index is 1.59. The van der Waals surface area contributed by atoms with E-state index in [1.807, 2.05) is 42.5 Å². The molecule has 2 aromatic carbocycles. The summed E-state index contributed by atoms with van der Waals surface area (Å²) in [6, 6.07) is 15.5. The molecule has 156 valence electrons. The zero-order chi connectivity index (χ0) is 21.1. The van der Waals surface area contributed by atoms with Crippen LogP contribution >= 0.6 is 23.2 Å². The highest BCUT2D eigenvalue weighted by Crippen LogP contribution is 2.32. The van der Waals surface area contributed by atoms with E-state index < -0.39 is 0 Å². The van der Waals surface area contributed by atoms with Gasteiger partial charge in [0.15, 0.2) is 0 Å². The second kappa shape index (κ2) is 9.11. The third kappa shape index (κ3) is 4.47. The van der Waals surface area contributed by atoms with Crippen LogP contribution < -0.4 is 10.2 Å². The summed E-state index contributed by atoms with van der Waals surface area (Å²) < 4.78 is 1.66. The van der Waals surface area contributed by atoms with E-state index in [1.165, 1.54) is 6.42 Å². The number of hydrogen-bond donors (Lipinski definition) is 1. The van der Waals surface area contributed by atoms with Crippen LogP contribution in [0.25, 0.3) is 0 Å². The maximum absolute atomic E-state index is 13.2. The van der Waals surface area contributed by atoms with Gasteiger partial charge in [0, 0.05) is 18.1 Å². The molecule has 1 fully saturated rings. The zero-order valence-electron chi connectivity index (χ0n) is 16.9. The fraction of sp³-hybridized carbons (Fsp3) is 0.304. The molecule has 2 heterocycles. The lowest BCUT2D eigenvalue weighted by molar-refractivity contribution is 0.102. The highest BCUT2D eigenvalue weighted by Gasteiger charge is 2.23. The van der Waals surface area contributed by atoms with E-state index in [1.54, 1.807) is 17.7 Å².